The number of sulfonamides is 1. The van der Waals surface area contributed by atoms with E-state index >= 15 is 0 Å². The molecule has 2 aromatic rings. The molecule has 9 nitrogen and oxygen atoms in total. The molecule has 1 aliphatic heterocycles. The second-order valence-electron chi connectivity index (χ2n) is 7.44. The highest BCUT2D eigenvalue weighted by Crippen LogP contribution is 2.28. The van der Waals surface area contributed by atoms with Gasteiger partial charge in [0.25, 0.3) is 0 Å². The first-order chi connectivity index (χ1) is 14.8. The third kappa shape index (κ3) is 5.29. The van der Waals surface area contributed by atoms with Crippen molar-refractivity contribution in [3.63, 3.8) is 0 Å². The zero-order chi connectivity index (χ0) is 22.4. The predicted octanol–water partition coefficient (Wildman–Crippen LogP) is 2.36. The fourth-order valence-electron chi connectivity index (χ4n) is 3.57. The van der Waals surface area contributed by atoms with Crippen molar-refractivity contribution in [3.8, 4) is 0 Å². The molecule has 3 atom stereocenters. The van der Waals surface area contributed by atoms with E-state index in [4.69, 9.17) is 5.53 Å². The quantitative estimate of drug-likeness (QED) is 0.291. The third-order valence-electron chi connectivity index (χ3n) is 5.17. The molecule has 1 saturated heterocycles. The average Bonchev–Trinajstić information content (AvgIpc) is 3.19. The van der Waals surface area contributed by atoms with Crippen molar-refractivity contribution in [1.29, 1.82) is 0 Å². The van der Waals surface area contributed by atoms with E-state index in [1.165, 1.54) is 12.1 Å². The number of benzene rings is 2. The Kier molecular flexibility index (Phi) is 7.06. The van der Waals surface area contributed by atoms with Gasteiger partial charge in [-0.15, -0.1) is 0 Å². The zero-order valence-corrected chi connectivity index (χ0v) is 17.8. The summed E-state index contributed by atoms with van der Waals surface area (Å²) in [7, 11) is -4.00. The van der Waals surface area contributed by atoms with Crippen LogP contribution in [0, 0.1) is 6.92 Å². The first-order valence-corrected chi connectivity index (χ1v) is 11.2. The molecular formula is C21H23N5O4S. The molecule has 1 unspecified atom stereocenters. The SMILES string of the molecule is Cc1ccc(S(=O)(=O)N2CC(N=[N+]=[N-])C[C@H]2C(=O)N[C@H](C=O)Cc2ccccc2)cc1. The Morgan fingerprint density at radius 1 is 1.26 bits per heavy atom. The van der Waals surface area contributed by atoms with Gasteiger partial charge in [-0.2, -0.15) is 4.31 Å². The van der Waals surface area contributed by atoms with Crippen molar-refractivity contribution in [2.75, 3.05) is 6.54 Å². The van der Waals surface area contributed by atoms with Gasteiger partial charge in [0.2, 0.25) is 15.9 Å². The molecule has 3 rings (SSSR count). The minimum atomic E-state index is -4.00. The van der Waals surface area contributed by atoms with Crippen LogP contribution < -0.4 is 5.32 Å². The molecule has 1 amide bonds. The van der Waals surface area contributed by atoms with Gasteiger partial charge >= 0.3 is 0 Å². The number of aryl methyl sites for hydroxylation is 1. The first-order valence-electron chi connectivity index (χ1n) is 9.77. The number of hydrogen-bond donors (Lipinski definition) is 1. The van der Waals surface area contributed by atoms with Crippen molar-refractivity contribution in [1.82, 2.24) is 9.62 Å². The van der Waals surface area contributed by atoms with Gasteiger partial charge in [-0.3, -0.25) is 4.79 Å². The van der Waals surface area contributed by atoms with E-state index in [9.17, 15) is 18.0 Å². The van der Waals surface area contributed by atoms with Crippen molar-refractivity contribution >= 4 is 22.2 Å². The lowest BCUT2D eigenvalue weighted by molar-refractivity contribution is -0.126. The predicted molar refractivity (Wildman–Crippen MR) is 115 cm³/mol. The minimum Gasteiger partial charge on any atom is -0.345 e. The number of nitrogens with one attached hydrogen (secondary N) is 1. The van der Waals surface area contributed by atoms with Crippen LogP contribution in [0.4, 0.5) is 0 Å². The highest BCUT2D eigenvalue weighted by Gasteiger charge is 2.44. The summed E-state index contributed by atoms with van der Waals surface area (Å²) in [6.45, 7) is 1.73. The number of nitrogens with zero attached hydrogens (tertiary/aromatic N) is 4. The van der Waals surface area contributed by atoms with E-state index < -0.39 is 34.1 Å². The largest absolute Gasteiger partial charge is 0.345 e. The van der Waals surface area contributed by atoms with Gasteiger partial charge in [-0.05, 0) is 43.0 Å². The molecule has 0 radical (unpaired) electrons. The van der Waals surface area contributed by atoms with Crippen LogP contribution in [-0.2, 0) is 26.0 Å². The second-order valence-corrected chi connectivity index (χ2v) is 9.33. The zero-order valence-electron chi connectivity index (χ0n) is 17.0. The van der Waals surface area contributed by atoms with Crippen molar-refractivity contribution in [3.05, 3.63) is 76.2 Å². The molecule has 0 bridgehead atoms. The maximum Gasteiger partial charge on any atom is 0.243 e. The Labute approximate surface area is 180 Å². The van der Waals surface area contributed by atoms with Crippen LogP contribution in [0.2, 0.25) is 0 Å². The summed E-state index contributed by atoms with van der Waals surface area (Å²) in [5.74, 6) is -0.598. The molecule has 1 heterocycles. The summed E-state index contributed by atoms with van der Waals surface area (Å²) < 4.78 is 27.4. The van der Waals surface area contributed by atoms with Gasteiger partial charge in [-0.1, -0.05) is 53.1 Å². The molecule has 1 fully saturated rings. The lowest BCUT2D eigenvalue weighted by Crippen LogP contribution is -2.49. The van der Waals surface area contributed by atoms with E-state index in [0.29, 0.717) is 6.29 Å². The number of carbonyl (C=O) groups is 2. The molecule has 10 heteroatoms. The van der Waals surface area contributed by atoms with Crippen molar-refractivity contribution in [2.45, 2.75) is 42.8 Å². The number of carbonyl (C=O) groups excluding carboxylic acids is 2. The molecule has 0 spiro atoms. The summed E-state index contributed by atoms with van der Waals surface area (Å²) in [6, 6.07) is 12.9. The van der Waals surface area contributed by atoms with Gasteiger partial charge in [0.15, 0.2) is 0 Å². The monoisotopic (exact) mass is 441 g/mol. The van der Waals surface area contributed by atoms with E-state index in [1.807, 2.05) is 37.3 Å². The third-order valence-corrected chi connectivity index (χ3v) is 7.06. The number of azide groups is 1. The Balaban J connectivity index is 1.83. The summed E-state index contributed by atoms with van der Waals surface area (Å²) in [6.07, 6.45) is 0.953. The van der Waals surface area contributed by atoms with Crippen molar-refractivity contribution in [2.24, 2.45) is 5.11 Å². The van der Waals surface area contributed by atoms with Crippen LogP contribution in [-0.4, -0.2) is 49.6 Å². The average molecular weight is 442 g/mol. The highest BCUT2D eigenvalue weighted by atomic mass is 32.2. The van der Waals surface area contributed by atoms with E-state index in [-0.39, 0.29) is 24.3 Å². The molecule has 162 valence electrons. The minimum absolute atomic E-state index is 0.0396. The van der Waals surface area contributed by atoms with E-state index in [2.05, 4.69) is 15.3 Å². The number of aldehydes is 1. The molecule has 1 N–H and O–H groups in total. The lowest BCUT2D eigenvalue weighted by atomic mass is 10.1. The number of hydrogen-bond acceptors (Lipinski definition) is 5. The molecule has 1 aliphatic rings. The standard InChI is InChI=1S/C21H23N5O4S/c1-15-7-9-19(10-8-15)31(29,30)26-13-17(24-25-22)12-20(26)21(28)23-18(14-27)11-16-5-3-2-4-6-16/h2-10,14,17-18,20H,11-13H2,1H3,(H,23,28)/t17?,18-,20-/m0/s1. The van der Waals surface area contributed by atoms with Crippen LogP contribution in [0.15, 0.2) is 64.6 Å². The van der Waals surface area contributed by atoms with E-state index in [0.717, 1.165) is 15.4 Å². The smallest absolute Gasteiger partial charge is 0.243 e. The maximum absolute atomic E-state index is 13.2. The molecular weight excluding hydrogens is 418 g/mol. The summed E-state index contributed by atoms with van der Waals surface area (Å²) in [4.78, 5) is 27.3. The Morgan fingerprint density at radius 2 is 1.94 bits per heavy atom. The number of rotatable bonds is 8. The molecule has 0 aliphatic carbocycles. The van der Waals surface area contributed by atoms with Gasteiger partial charge in [0, 0.05) is 11.5 Å². The van der Waals surface area contributed by atoms with Gasteiger partial charge in [-0.25, -0.2) is 8.42 Å². The van der Waals surface area contributed by atoms with Gasteiger partial charge < -0.3 is 10.1 Å². The lowest BCUT2D eigenvalue weighted by Gasteiger charge is -2.24. The van der Waals surface area contributed by atoms with Gasteiger partial charge in [0.05, 0.1) is 17.0 Å². The van der Waals surface area contributed by atoms with Crippen LogP contribution in [0.5, 0.6) is 0 Å². The summed E-state index contributed by atoms with van der Waals surface area (Å²) >= 11 is 0. The normalized spacial score (nSPS) is 19.9. The summed E-state index contributed by atoms with van der Waals surface area (Å²) in [5.41, 5.74) is 10.5. The Hall–Kier alpha value is -3.20. The van der Waals surface area contributed by atoms with Crippen LogP contribution in [0.3, 0.4) is 0 Å². The maximum atomic E-state index is 13.2. The van der Waals surface area contributed by atoms with Crippen LogP contribution in [0.1, 0.15) is 17.5 Å². The second kappa shape index (κ2) is 9.74. The molecule has 0 aromatic heterocycles. The Morgan fingerprint density at radius 3 is 2.55 bits per heavy atom. The highest BCUT2D eigenvalue weighted by molar-refractivity contribution is 7.89. The molecule has 31 heavy (non-hydrogen) atoms. The van der Waals surface area contributed by atoms with Crippen molar-refractivity contribution < 1.29 is 18.0 Å². The first kappa shape index (κ1) is 22.5. The van der Waals surface area contributed by atoms with Gasteiger partial charge in [0.1, 0.15) is 12.3 Å². The fraction of sp³-hybridized carbons (Fsp3) is 0.333. The topological polar surface area (TPSA) is 132 Å². The van der Waals surface area contributed by atoms with Crippen LogP contribution in [0.25, 0.3) is 10.4 Å². The number of amides is 1. The molecule has 0 saturated carbocycles. The van der Waals surface area contributed by atoms with Crippen LogP contribution >= 0.6 is 0 Å². The van der Waals surface area contributed by atoms with E-state index in [1.54, 1.807) is 12.1 Å². The molecule has 2 aromatic carbocycles. The Bertz CT molecular complexity index is 1080. The summed E-state index contributed by atoms with van der Waals surface area (Å²) in [5, 5.41) is 6.25. The fourth-order valence-corrected chi connectivity index (χ4v) is 5.21.